The number of carbonyl (C=O) groups excluding carboxylic acids is 1. The number of nitrogens with zero attached hydrogens (tertiary/aromatic N) is 1. The third-order valence-electron chi connectivity index (χ3n) is 3.28. The molecule has 0 spiro atoms. The highest BCUT2D eigenvalue weighted by molar-refractivity contribution is 6.00. The van der Waals surface area contributed by atoms with E-state index < -0.39 is 0 Å². The average molecular weight is 266 g/mol. The highest BCUT2D eigenvalue weighted by Gasteiger charge is 2.33. The molecule has 1 aliphatic heterocycles. The summed E-state index contributed by atoms with van der Waals surface area (Å²) in [6.45, 7) is 3.51. The van der Waals surface area contributed by atoms with Crippen molar-refractivity contribution in [2.75, 3.05) is 25.1 Å². The van der Waals surface area contributed by atoms with E-state index in [1.54, 1.807) is 11.0 Å². The van der Waals surface area contributed by atoms with Crippen LogP contribution in [-0.4, -0.2) is 32.1 Å². The van der Waals surface area contributed by atoms with E-state index in [-0.39, 0.29) is 17.8 Å². The first-order chi connectivity index (χ1) is 9.17. The number of amides is 1. The first-order valence-electron chi connectivity index (χ1n) is 6.55. The molecule has 0 saturated carbocycles. The monoisotopic (exact) mass is 266 g/mol. The predicted octanol–water partition coefficient (Wildman–Crippen LogP) is 1.94. The Morgan fingerprint density at radius 1 is 1.53 bits per heavy atom. The highest BCUT2D eigenvalue weighted by atomic mass is 19.1. The van der Waals surface area contributed by atoms with E-state index >= 15 is 0 Å². The number of ether oxygens (including phenoxy) is 1. The molecular weight excluding hydrogens is 247 g/mol. The summed E-state index contributed by atoms with van der Waals surface area (Å²) in [6.07, 6.45) is 1.75. The molecule has 4 nitrogen and oxygen atoms in total. The van der Waals surface area contributed by atoms with E-state index in [1.165, 1.54) is 19.2 Å². The van der Waals surface area contributed by atoms with Crippen LogP contribution in [0.1, 0.15) is 19.8 Å². The summed E-state index contributed by atoms with van der Waals surface area (Å²) in [5.41, 5.74) is 0.634. The molecule has 0 aromatic heterocycles. The molecule has 1 aromatic carbocycles. The minimum Gasteiger partial charge on any atom is -0.494 e. The Morgan fingerprint density at radius 2 is 2.32 bits per heavy atom. The minimum atomic E-state index is -0.368. The molecule has 1 heterocycles. The molecule has 0 bridgehead atoms. The Kier molecular flexibility index (Phi) is 4.37. The number of halogens is 1. The Bertz CT molecular complexity index is 465. The molecule has 1 unspecified atom stereocenters. The lowest BCUT2D eigenvalue weighted by atomic mass is 10.2. The lowest BCUT2D eigenvalue weighted by Crippen LogP contribution is -2.38. The number of nitrogens with one attached hydrogen (secondary N) is 1. The van der Waals surface area contributed by atoms with Gasteiger partial charge in [0, 0.05) is 12.6 Å². The predicted molar refractivity (Wildman–Crippen MR) is 72.0 cm³/mol. The highest BCUT2D eigenvalue weighted by Crippen LogP contribution is 2.31. The van der Waals surface area contributed by atoms with Gasteiger partial charge in [-0.25, -0.2) is 4.39 Å². The standard InChI is InChI=1S/C14H19FN2O2/c1-3-7-16-11-6-8-17(14(11)18)12-5-4-10(15)9-13(12)19-2/h4-5,9,11,16H,3,6-8H2,1-2H3. The number of hydrogen-bond acceptors (Lipinski definition) is 3. The molecule has 2 rings (SSSR count). The van der Waals surface area contributed by atoms with Crippen LogP contribution >= 0.6 is 0 Å². The summed E-state index contributed by atoms with van der Waals surface area (Å²) < 4.78 is 18.3. The number of benzene rings is 1. The molecule has 104 valence electrons. The largest absolute Gasteiger partial charge is 0.494 e. The van der Waals surface area contributed by atoms with Crippen LogP contribution in [0.3, 0.4) is 0 Å². The third kappa shape index (κ3) is 2.87. The maximum atomic E-state index is 13.2. The second-order valence-electron chi connectivity index (χ2n) is 4.60. The normalized spacial score (nSPS) is 19.0. The van der Waals surface area contributed by atoms with Gasteiger partial charge in [-0.05, 0) is 31.5 Å². The Balaban J connectivity index is 2.17. The molecule has 1 aliphatic rings. The zero-order valence-electron chi connectivity index (χ0n) is 11.3. The van der Waals surface area contributed by atoms with Crippen LogP contribution < -0.4 is 15.0 Å². The molecule has 19 heavy (non-hydrogen) atoms. The topological polar surface area (TPSA) is 41.6 Å². The van der Waals surface area contributed by atoms with Crippen molar-refractivity contribution in [3.8, 4) is 5.75 Å². The molecular formula is C14H19FN2O2. The molecule has 5 heteroatoms. The summed E-state index contributed by atoms with van der Waals surface area (Å²) in [5, 5.41) is 3.22. The van der Waals surface area contributed by atoms with Gasteiger partial charge in [-0.15, -0.1) is 0 Å². The molecule has 0 radical (unpaired) electrons. The smallest absolute Gasteiger partial charge is 0.244 e. The summed E-state index contributed by atoms with van der Waals surface area (Å²) in [4.78, 5) is 13.9. The SMILES string of the molecule is CCCNC1CCN(c2ccc(F)cc2OC)C1=O. The van der Waals surface area contributed by atoms with Gasteiger partial charge in [-0.2, -0.15) is 0 Å². The van der Waals surface area contributed by atoms with Gasteiger partial charge in [0.1, 0.15) is 11.6 Å². The van der Waals surface area contributed by atoms with Crippen molar-refractivity contribution in [2.45, 2.75) is 25.8 Å². The van der Waals surface area contributed by atoms with Crippen LogP contribution in [0, 0.1) is 5.82 Å². The minimum absolute atomic E-state index is 0.0263. The van der Waals surface area contributed by atoms with Crippen molar-refractivity contribution < 1.29 is 13.9 Å². The summed E-state index contributed by atoms with van der Waals surface area (Å²) >= 11 is 0. The molecule has 1 saturated heterocycles. The molecule has 1 fully saturated rings. The average Bonchev–Trinajstić information content (AvgIpc) is 2.77. The van der Waals surface area contributed by atoms with Crippen molar-refractivity contribution >= 4 is 11.6 Å². The molecule has 1 atom stereocenters. The maximum absolute atomic E-state index is 13.2. The van der Waals surface area contributed by atoms with Crippen LogP contribution in [-0.2, 0) is 4.79 Å². The molecule has 1 aromatic rings. The lowest BCUT2D eigenvalue weighted by molar-refractivity contribution is -0.118. The third-order valence-corrected chi connectivity index (χ3v) is 3.28. The number of hydrogen-bond donors (Lipinski definition) is 1. The van der Waals surface area contributed by atoms with Gasteiger partial charge in [0.25, 0.3) is 0 Å². The van der Waals surface area contributed by atoms with Crippen LogP contribution in [0.4, 0.5) is 10.1 Å². The van der Waals surface area contributed by atoms with Gasteiger partial charge >= 0.3 is 0 Å². The Morgan fingerprint density at radius 3 is 3.00 bits per heavy atom. The van der Waals surface area contributed by atoms with Crippen molar-refractivity contribution in [3.63, 3.8) is 0 Å². The maximum Gasteiger partial charge on any atom is 0.244 e. The van der Waals surface area contributed by atoms with E-state index in [1.807, 2.05) is 0 Å². The zero-order valence-corrected chi connectivity index (χ0v) is 11.3. The van der Waals surface area contributed by atoms with Crippen LogP contribution in [0.15, 0.2) is 18.2 Å². The zero-order chi connectivity index (χ0) is 13.8. The van der Waals surface area contributed by atoms with Crippen molar-refractivity contribution in [1.29, 1.82) is 0 Å². The quantitative estimate of drug-likeness (QED) is 0.885. The van der Waals surface area contributed by atoms with Crippen LogP contribution in [0.25, 0.3) is 0 Å². The molecule has 0 aliphatic carbocycles. The first-order valence-corrected chi connectivity index (χ1v) is 6.55. The van der Waals surface area contributed by atoms with E-state index in [0.717, 1.165) is 19.4 Å². The molecule has 1 amide bonds. The van der Waals surface area contributed by atoms with Gasteiger partial charge in [-0.1, -0.05) is 6.92 Å². The summed E-state index contributed by atoms with van der Waals surface area (Å²) in [7, 11) is 1.48. The fourth-order valence-corrected chi connectivity index (χ4v) is 2.30. The number of methoxy groups -OCH3 is 1. The fourth-order valence-electron chi connectivity index (χ4n) is 2.30. The summed E-state index contributed by atoms with van der Waals surface area (Å²) in [6, 6.07) is 4.09. The van der Waals surface area contributed by atoms with Crippen molar-refractivity contribution in [2.24, 2.45) is 0 Å². The van der Waals surface area contributed by atoms with Gasteiger partial charge in [0.2, 0.25) is 5.91 Å². The fraction of sp³-hybridized carbons (Fsp3) is 0.500. The first kappa shape index (κ1) is 13.8. The van der Waals surface area contributed by atoms with Crippen molar-refractivity contribution in [1.82, 2.24) is 5.32 Å². The van der Waals surface area contributed by atoms with E-state index in [9.17, 15) is 9.18 Å². The van der Waals surface area contributed by atoms with Gasteiger partial charge < -0.3 is 15.0 Å². The Hall–Kier alpha value is -1.62. The second kappa shape index (κ2) is 6.02. The van der Waals surface area contributed by atoms with Crippen LogP contribution in [0.2, 0.25) is 0 Å². The number of anilines is 1. The van der Waals surface area contributed by atoms with E-state index in [2.05, 4.69) is 12.2 Å². The van der Waals surface area contributed by atoms with E-state index in [4.69, 9.17) is 4.74 Å². The number of rotatable bonds is 5. The molecule has 1 N–H and O–H groups in total. The Labute approximate surface area is 112 Å². The summed E-state index contributed by atoms with van der Waals surface area (Å²) in [5.74, 6) is 0.0516. The van der Waals surface area contributed by atoms with E-state index in [0.29, 0.717) is 18.0 Å². The van der Waals surface area contributed by atoms with Crippen molar-refractivity contribution in [3.05, 3.63) is 24.0 Å². The lowest BCUT2D eigenvalue weighted by Gasteiger charge is -2.19. The van der Waals surface area contributed by atoms with Gasteiger partial charge in [0.15, 0.2) is 0 Å². The van der Waals surface area contributed by atoms with Crippen LogP contribution in [0.5, 0.6) is 5.75 Å². The van der Waals surface area contributed by atoms with Gasteiger partial charge in [-0.3, -0.25) is 4.79 Å². The van der Waals surface area contributed by atoms with Gasteiger partial charge in [0.05, 0.1) is 18.8 Å². The second-order valence-corrected chi connectivity index (χ2v) is 4.60. The number of carbonyl (C=O) groups is 1.